The molecule has 0 N–H and O–H groups in total. The molecule has 4 aromatic rings. The van der Waals surface area contributed by atoms with Gasteiger partial charge in [-0.05, 0) is 69.5 Å². The number of halogens is 1. The molecule has 0 fully saturated rings. The largest absolute Gasteiger partial charge is 0.489 e. The van der Waals surface area contributed by atoms with Gasteiger partial charge >= 0.3 is 6.09 Å². The maximum atomic E-state index is 13.1. The van der Waals surface area contributed by atoms with Gasteiger partial charge in [0.15, 0.2) is 0 Å². The third-order valence-electron chi connectivity index (χ3n) is 6.56. The van der Waals surface area contributed by atoms with Crippen LogP contribution in [0, 0.1) is 5.82 Å². The van der Waals surface area contributed by atoms with Crippen LogP contribution in [0.5, 0.6) is 5.75 Å². The number of carbonyl (C=O) groups is 1. The van der Waals surface area contributed by atoms with E-state index in [0.29, 0.717) is 24.7 Å². The summed E-state index contributed by atoms with van der Waals surface area (Å²) < 4.78 is 28.0. The van der Waals surface area contributed by atoms with Crippen molar-refractivity contribution < 1.29 is 18.7 Å². The lowest BCUT2D eigenvalue weighted by Gasteiger charge is -2.26. The summed E-state index contributed by atoms with van der Waals surface area (Å²) in [4.78, 5) is 32.3. The van der Waals surface area contributed by atoms with Crippen molar-refractivity contribution in [2.24, 2.45) is 7.05 Å². The van der Waals surface area contributed by atoms with Crippen molar-refractivity contribution in [3.05, 3.63) is 87.7 Å². The fourth-order valence-electron chi connectivity index (χ4n) is 4.72. The van der Waals surface area contributed by atoms with E-state index in [1.165, 1.54) is 22.8 Å². The number of amides is 1. The zero-order chi connectivity index (χ0) is 27.0. The van der Waals surface area contributed by atoms with Gasteiger partial charge in [0.05, 0.1) is 6.54 Å². The minimum absolute atomic E-state index is 0.225. The zero-order valence-electron chi connectivity index (χ0n) is 22.0. The second-order valence-corrected chi connectivity index (χ2v) is 10.5. The SMILES string of the molecule is Cn1c2c(c3ccc(-n4ccc(OCc5ccc(F)cc5)cc4=O)nc31)CN(C(=O)OC(C)(C)C)CCC2. The van der Waals surface area contributed by atoms with Crippen LogP contribution in [-0.2, 0) is 31.4 Å². The van der Waals surface area contributed by atoms with E-state index < -0.39 is 5.60 Å². The molecular formula is C29H31FN4O4. The summed E-state index contributed by atoms with van der Waals surface area (Å²) in [6, 6.07) is 12.9. The predicted molar refractivity (Wildman–Crippen MR) is 142 cm³/mol. The summed E-state index contributed by atoms with van der Waals surface area (Å²) in [6.45, 7) is 6.89. The molecule has 1 aliphatic heterocycles. The lowest BCUT2D eigenvalue weighted by Crippen LogP contribution is -2.36. The van der Waals surface area contributed by atoms with E-state index in [2.05, 4.69) is 4.57 Å². The van der Waals surface area contributed by atoms with Gasteiger partial charge < -0.3 is 18.9 Å². The van der Waals surface area contributed by atoms with Gasteiger partial charge in [0.25, 0.3) is 5.56 Å². The maximum absolute atomic E-state index is 13.1. The number of benzene rings is 1. The van der Waals surface area contributed by atoms with E-state index in [4.69, 9.17) is 14.5 Å². The predicted octanol–water partition coefficient (Wildman–Crippen LogP) is 5.13. The highest BCUT2D eigenvalue weighted by Crippen LogP contribution is 2.30. The van der Waals surface area contributed by atoms with Gasteiger partial charge in [0.1, 0.15) is 35.2 Å². The first-order valence-corrected chi connectivity index (χ1v) is 12.6. The Morgan fingerprint density at radius 1 is 1.11 bits per heavy atom. The van der Waals surface area contributed by atoms with Crippen molar-refractivity contribution in [3.63, 3.8) is 0 Å². The smallest absolute Gasteiger partial charge is 0.410 e. The molecule has 1 aliphatic rings. The van der Waals surface area contributed by atoms with Crippen molar-refractivity contribution in [2.45, 2.75) is 52.4 Å². The molecule has 3 aromatic heterocycles. The van der Waals surface area contributed by atoms with Gasteiger partial charge in [0, 0.05) is 42.5 Å². The highest BCUT2D eigenvalue weighted by Gasteiger charge is 2.28. The second-order valence-electron chi connectivity index (χ2n) is 10.5. The Bertz CT molecular complexity index is 1550. The molecule has 0 unspecified atom stereocenters. The Hall–Kier alpha value is -4.14. The van der Waals surface area contributed by atoms with Crippen LogP contribution >= 0.6 is 0 Å². The molecule has 0 aliphatic carbocycles. The molecule has 0 radical (unpaired) electrons. The molecule has 0 saturated heterocycles. The van der Waals surface area contributed by atoms with Gasteiger partial charge in [-0.25, -0.2) is 14.2 Å². The lowest BCUT2D eigenvalue weighted by atomic mass is 10.1. The Balaban J connectivity index is 1.40. The Morgan fingerprint density at radius 3 is 2.58 bits per heavy atom. The van der Waals surface area contributed by atoms with E-state index >= 15 is 0 Å². The first-order chi connectivity index (χ1) is 18.1. The van der Waals surface area contributed by atoms with E-state index in [1.54, 1.807) is 29.3 Å². The number of ether oxygens (including phenoxy) is 2. The third-order valence-corrected chi connectivity index (χ3v) is 6.56. The second kappa shape index (κ2) is 9.96. The summed E-state index contributed by atoms with van der Waals surface area (Å²) >= 11 is 0. The van der Waals surface area contributed by atoms with Crippen LogP contribution in [0.3, 0.4) is 0 Å². The standard InChI is InChI=1S/C29H31FN4O4/c1-29(2,3)38-28(36)33-14-5-6-24-23(17-33)22-11-12-25(31-27(22)32(24)4)34-15-13-21(16-26(34)35)37-18-19-7-9-20(30)10-8-19/h7-13,15-16H,5-6,14,17-18H2,1-4H3. The number of carbonyl (C=O) groups excluding carboxylic acids is 1. The number of hydrogen-bond donors (Lipinski definition) is 0. The molecule has 0 spiro atoms. The monoisotopic (exact) mass is 518 g/mol. The Kier molecular flexibility index (Phi) is 6.69. The molecule has 4 heterocycles. The number of hydrogen-bond acceptors (Lipinski definition) is 5. The molecule has 198 valence electrons. The third kappa shape index (κ3) is 5.27. The van der Waals surface area contributed by atoms with E-state index in [-0.39, 0.29) is 24.1 Å². The van der Waals surface area contributed by atoms with Gasteiger partial charge in [-0.2, -0.15) is 0 Å². The molecular weight excluding hydrogens is 487 g/mol. The number of nitrogens with zero attached hydrogens (tertiary/aromatic N) is 4. The van der Waals surface area contributed by atoms with Crippen molar-refractivity contribution in [1.29, 1.82) is 0 Å². The minimum Gasteiger partial charge on any atom is -0.489 e. The highest BCUT2D eigenvalue weighted by molar-refractivity contribution is 5.84. The molecule has 38 heavy (non-hydrogen) atoms. The van der Waals surface area contributed by atoms with Crippen molar-refractivity contribution in [1.82, 2.24) is 19.0 Å². The number of rotatable bonds is 4. The normalized spacial score (nSPS) is 13.8. The zero-order valence-corrected chi connectivity index (χ0v) is 22.0. The summed E-state index contributed by atoms with van der Waals surface area (Å²) in [7, 11) is 1.97. The average molecular weight is 519 g/mol. The fourth-order valence-corrected chi connectivity index (χ4v) is 4.72. The fraction of sp³-hybridized carbons (Fsp3) is 0.345. The van der Waals surface area contributed by atoms with Crippen LogP contribution in [0.2, 0.25) is 0 Å². The van der Waals surface area contributed by atoms with Crippen LogP contribution in [0.15, 0.2) is 59.5 Å². The van der Waals surface area contributed by atoms with Crippen LogP contribution in [0.4, 0.5) is 9.18 Å². The Labute approximate surface area is 220 Å². The van der Waals surface area contributed by atoms with Crippen LogP contribution in [-0.4, -0.2) is 37.3 Å². The van der Waals surface area contributed by atoms with Gasteiger partial charge in [-0.15, -0.1) is 0 Å². The first-order valence-electron chi connectivity index (χ1n) is 12.6. The van der Waals surface area contributed by atoms with Gasteiger partial charge in [-0.3, -0.25) is 9.36 Å². The first kappa shape index (κ1) is 25.5. The lowest BCUT2D eigenvalue weighted by molar-refractivity contribution is 0.0237. The quantitative estimate of drug-likeness (QED) is 0.375. The molecule has 8 nitrogen and oxygen atoms in total. The van der Waals surface area contributed by atoms with E-state index in [9.17, 15) is 14.0 Å². The maximum Gasteiger partial charge on any atom is 0.410 e. The number of fused-ring (bicyclic) bond motifs is 3. The number of aryl methyl sites for hydroxylation is 1. The van der Waals surface area contributed by atoms with Gasteiger partial charge in [0.2, 0.25) is 0 Å². The minimum atomic E-state index is -0.559. The molecule has 9 heteroatoms. The molecule has 1 amide bonds. The molecule has 5 rings (SSSR count). The molecule has 1 aromatic carbocycles. The Morgan fingerprint density at radius 2 is 1.87 bits per heavy atom. The summed E-state index contributed by atoms with van der Waals surface area (Å²) in [5.74, 6) is 0.604. The van der Waals surface area contributed by atoms with Crippen LogP contribution < -0.4 is 10.3 Å². The number of pyridine rings is 2. The van der Waals surface area contributed by atoms with Crippen LogP contribution in [0.1, 0.15) is 44.0 Å². The molecule has 0 bridgehead atoms. The molecule has 0 atom stereocenters. The summed E-state index contributed by atoms with van der Waals surface area (Å²) in [5, 5.41) is 0.953. The topological polar surface area (TPSA) is 78.6 Å². The van der Waals surface area contributed by atoms with E-state index in [0.717, 1.165) is 40.7 Å². The summed E-state index contributed by atoms with van der Waals surface area (Å²) in [5.41, 5.74) is 2.91. The van der Waals surface area contributed by atoms with Crippen molar-refractivity contribution >= 4 is 17.1 Å². The summed E-state index contributed by atoms with van der Waals surface area (Å²) in [6.07, 6.45) is 2.95. The van der Waals surface area contributed by atoms with Gasteiger partial charge in [-0.1, -0.05) is 12.1 Å². The molecule has 0 saturated carbocycles. The van der Waals surface area contributed by atoms with Crippen molar-refractivity contribution in [3.8, 4) is 11.6 Å². The van der Waals surface area contributed by atoms with E-state index in [1.807, 2.05) is 40.0 Å². The number of aromatic nitrogens is 3. The average Bonchev–Trinajstić information content (AvgIpc) is 3.00. The highest BCUT2D eigenvalue weighted by atomic mass is 19.1. The van der Waals surface area contributed by atoms with Crippen LogP contribution in [0.25, 0.3) is 16.9 Å². The van der Waals surface area contributed by atoms with Crippen molar-refractivity contribution in [2.75, 3.05) is 6.54 Å².